The van der Waals surface area contributed by atoms with Gasteiger partial charge in [-0.2, -0.15) is 0 Å². The van der Waals surface area contributed by atoms with Crippen molar-refractivity contribution < 1.29 is 0 Å². The van der Waals surface area contributed by atoms with Gasteiger partial charge in [-0.3, -0.25) is 0 Å². The second-order valence-electron chi connectivity index (χ2n) is 20.1. The molecule has 14 rings (SSSR count). The predicted molar refractivity (Wildman–Crippen MR) is 283 cm³/mol. The number of benzene rings is 9. The molecule has 4 aliphatic rings. The van der Waals surface area contributed by atoms with Gasteiger partial charge in [-0.05, 0) is 138 Å². The molecule has 0 aliphatic heterocycles. The van der Waals surface area contributed by atoms with E-state index in [0.717, 1.165) is 33.9 Å². The molecule has 0 N–H and O–H groups in total. The molecule has 9 aromatic carbocycles. The van der Waals surface area contributed by atoms with Crippen LogP contribution in [0, 0.1) is 0 Å². The first kappa shape index (κ1) is 39.7. The number of rotatable bonds is 5. The van der Waals surface area contributed by atoms with Crippen LogP contribution in [-0.4, -0.2) is 9.97 Å². The maximum Gasteiger partial charge on any atom is 0.160 e. The number of fused-ring (bicyclic) bond motifs is 12. The fourth-order valence-corrected chi connectivity index (χ4v) is 13.6. The van der Waals surface area contributed by atoms with Crippen molar-refractivity contribution in [2.45, 2.75) is 75.0 Å². The molecule has 2 fully saturated rings. The van der Waals surface area contributed by atoms with Crippen LogP contribution in [0.3, 0.4) is 0 Å². The molecular weight excluding hydrogens is 821 g/mol. The molecule has 2 nitrogen and oxygen atoms in total. The molecule has 0 unspecified atom stereocenters. The van der Waals surface area contributed by atoms with Crippen molar-refractivity contribution in [1.29, 1.82) is 0 Å². The van der Waals surface area contributed by atoms with Crippen LogP contribution in [0.5, 0.6) is 0 Å². The molecule has 2 heteroatoms. The zero-order chi connectivity index (χ0) is 44.8. The van der Waals surface area contributed by atoms with E-state index >= 15 is 0 Å². The first-order valence-corrected chi connectivity index (χ1v) is 25.2. The molecule has 326 valence electrons. The third-order valence-corrected chi connectivity index (χ3v) is 16.7. The fraction of sp³-hybridized carbons (Fsp3) is 0.182. The van der Waals surface area contributed by atoms with Crippen molar-refractivity contribution in [2.24, 2.45) is 0 Å². The standard InChI is InChI=1S/C66H52N2/c1-5-19-43(20-6-1)60-42-61(68-64(67-60)44-21-7-2-8-22-44)45-29-34-54-55(39-45)63(47-31-33-51-49-24-12-14-28-57(49)66(59(51)41-47)37-17-4-18-38-66)53-26-10-9-25-52(53)62(54)46-30-32-50-48-23-11-13-27-56(48)65(58(50)40-46)35-15-3-16-36-65/h1-2,5-14,19-34,39-42H,3-4,15-18,35-38H2. The van der Waals surface area contributed by atoms with E-state index in [9.17, 15) is 0 Å². The van der Waals surface area contributed by atoms with E-state index < -0.39 is 0 Å². The zero-order valence-corrected chi connectivity index (χ0v) is 38.4. The van der Waals surface area contributed by atoms with Crippen molar-refractivity contribution >= 4 is 21.5 Å². The lowest BCUT2D eigenvalue weighted by Gasteiger charge is -2.36. The summed E-state index contributed by atoms with van der Waals surface area (Å²) in [7, 11) is 0. The number of hydrogen-bond donors (Lipinski definition) is 0. The SMILES string of the molecule is c1ccc(-c2cc(-c3ccc4c(-c5ccc6c(c5)C5(CCCCC5)c5ccccc5-6)c5ccccc5c(-c5ccc6c(c5)C5(CCCCC5)c5ccccc5-6)c4c3)nc(-c3ccccc3)n2)cc1. The third-order valence-electron chi connectivity index (χ3n) is 16.7. The molecule has 0 saturated heterocycles. The Kier molecular flexibility index (Phi) is 9.10. The molecule has 10 aromatic rings. The minimum absolute atomic E-state index is 0.0522. The van der Waals surface area contributed by atoms with Gasteiger partial charge in [0, 0.05) is 27.5 Å². The molecule has 0 bridgehead atoms. The molecule has 2 spiro atoms. The Bertz CT molecular complexity index is 3570. The van der Waals surface area contributed by atoms with Crippen molar-refractivity contribution in [2.75, 3.05) is 0 Å². The summed E-state index contributed by atoms with van der Waals surface area (Å²) in [5.74, 6) is 0.730. The summed E-state index contributed by atoms with van der Waals surface area (Å²) in [5, 5.41) is 5.11. The highest BCUT2D eigenvalue weighted by Gasteiger charge is 2.45. The van der Waals surface area contributed by atoms with E-state index in [1.54, 1.807) is 0 Å². The van der Waals surface area contributed by atoms with Crippen molar-refractivity contribution in [3.63, 3.8) is 0 Å². The Morgan fingerprint density at radius 3 is 1.26 bits per heavy atom. The van der Waals surface area contributed by atoms with Crippen LogP contribution in [0.25, 0.3) is 100.0 Å². The summed E-state index contributed by atoms with van der Waals surface area (Å²) >= 11 is 0. The smallest absolute Gasteiger partial charge is 0.160 e. The Morgan fingerprint density at radius 2 is 0.706 bits per heavy atom. The fourth-order valence-electron chi connectivity index (χ4n) is 13.6. The Labute approximate surface area is 399 Å². The van der Waals surface area contributed by atoms with Crippen molar-refractivity contribution in [1.82, 2.24) is 9.97 Å². The maximum atomic E-state index is 5.37. The lowest BCUT2D eigenvalue weighted by molar-refractivity contribution is 0.353. The summed E-state index contributed by atoms with van der Waals surface area (Å²) in [4.78, 5) is 10.6. The molecule has 2 saturated carbocycles. The van der Waals surface area contributed by atoms with Gasteiger partial charge in [-0.25, -0.2) is 9.97 Å². The van der Waals surface area contributed by atoms with Crippen molar-refractivity contribution in [3.05, 3.63) is 216 Å². The van der Waals surface area contributed by atoms with E-state index in [1.807, 2.05) is 0 Å². The zero-order valence-electron chi connectivity index (χ0n) is 38.4. The van der Waals surface area contributed by atoms with Crippen LogP contribution in [0.4, 0.5) is 0 Å². The van der Waals surface area contributed by atoms with E-state index in [4.69, 9.17) is 9.97 Å². The van der Waals surface area contributed by atoms with E-state index in [0.29, 0.717) is 0 Å². The summed E-state index contributed by atoms with van der Waals surface area (Å²) < 4.78 is 0. The van der Waals surface area contributed by atoms with Crippen LogP contribution >= 0.6 is 0 Å². The maximum absolute atomic E-state index is 5.37. The molecule has 0 amide bonds. The number of hydrogen-bond acceptors (Lipinski definition) is 2. The average molecular weight is 873 g/mol. The molecule has 1 aromatic heterocycles. The van der Waals surface area contributed by atoms with Gasteiger partial charge >= 0.3 is 0 Å². The van der Waals surface area contributed by atoms with Crippen LogP contribution in [0.1, 0.15) is 86.5 Å². The molecule has 4 aliphatic carbocycles. The van der Waals surface area contributed by atoms with Crippen molar-refractivity contribution in [3.8, 4) is 78.4 Å². The second kappa shape index (κ2) is 15.6. The van der Waals surface area contributed by atoms with Gasteiger partial charge < -0.3 is 0 Å². The minimum atomic E-state index is 0.0522. The van der Waals surface area contributed by atoms with Crippen LogP contribution in [-0.2, 0) is 10.8 Å². The Hall–Kier alpha value is -7.42. The predicted octanol–water partition coefficient (Wildman–Crippen LogP) is 17.6. The topological polar surface area (TPSA) is 25.8 Å². The summed E-state index contributed by atoms with van der Waals surface area (Å²) in [6.45, 7) is 0. The quantitative estimate of drug-likeness (QED) is 0.161. The van der Waals surface area contributed by atoms with Crippen LogP contribution in [0.15, 0.2) is 194 Å². The highest BCUT2D eigenvalue weighted by atomic mass is 14.9. The average Bonchev–Trinajstić information content (AvgIpc) is 3.83. The summed E-state index contributed by atoms with van der Waals surface area (Å²) in [5.41, 5.74) is 22.1. The second-order valence-corrected chi connectivity index (χ2v) is 20.1. The van der Waals surface area contributed by atoms with Crippen LogP contribution < -0.4 is 0 Å². The largest absolute Gasteiger partial charge is 0.228 e. The Balaban J connectivity index is 1.04. The summed E-state index contributed by atoms with van der Waals surface area (Å²) in [6, 6.07) is 73.1. The number of nitrogens with zero attached hydrogens (tertiary/aromatic N) is 2. The van der Waals surface area contributed by atoms with Gasteiger partial charge in [0.25, 0.3) is 0 Å². The van der Waals surface area contributed by atoms with Crippen LogP contribution in [0.2, 0.25) is 0 Å². The summed E-state index contributed by atoms with van der Waals surface area (Å²) in [6.07, 6.45) is 12.5. The van der Waals surface area contributed by atoms with Gasteiger partial charge in [-0.1, -0.05) is 208 Å². The highest BCUT2D eigenvalue weighted by Crippen LogP contribution is 2.59. The third kappa shape index (κ3) is 5.96. The molecular formula is C66H52N2. The molecule has 68 heavy (non-hydrogen) atoms. The highest BCUT2D eigenvalue weighted by molar-refractivity contribution is 6.22. The molecule has 0 atom stereocenters. The lowest BCUT2D eigenvalue weighted by atomic mass is 9.67. The molecule has 1 heterocycles. The molecule has 0 radical (unpaired) electrons. The first-order chi connectivity index (χ1) is 33.7. The van der Waals surface area contributed by atoms with Gasteiger partial charge in [0.2, 0.25) is 0 Å². The first-order valence-electron chi connectivity index (χ1n) is 25.2. The van der Waals surface area contributed by atoms with Gasteiger partial charge in [-0.15, -0.1) is 0 Å². The van der Waals surface area contributed by atoms with Gasteiger partial charge in [0.15, 0.2) is 5.82 Å². The van der Waals surface area contributed by atoms with E-state index in [2.05, 4.69) is 194 Å². The van der Waals surface area contributed by atoms with Gasteiger partial charge in [0.1, 0.15) is 0 Å². The van der Waals surface area contributed by atoms with E-state index in [1.165, 1.54) is 153 Å². The monoisotopic (exact) mass is 872 g/mol. The Morgan fingerprint density at radius 1 is 0.279 bits per heavy atom. The van der Waals surface area contributed by atoms with Gasteiger partial charge in [0.05, 0.1) is 11.4 Å². The lowest BCUT2D eigenvalue weighted by Crippen LogP contribution is -2.28. The normalized spacial score (nSPS) is 16.2. The minimum Gasteiger partial charge on any atom is -0.228 e. The van der Waals surface area contributed by atoms with E-state index in [-0.39, 0.29) is 10.8 Å². The number of aromatic nitrogens is 2.